The summed E-state index contributed by atoms with van der Waals surface area (Å²) in [6.07, 6.45) is 0. The molecule has 0 heterocycles. The average Bonchev–Trinajstić information content (AvgIpc) is 2.66. The third-order valence-corrected chi connectivity index (χ3v) is 3.93. The molecule has 28 heavy (non-hydrogen) atoms. The van der Waals surface area contributed by atoms with Crippen LogP contribution < -0.4 is 15.4 Å². The Labute approximate surface area is 160 Å². The topological polar surface area (TPSA) is 70.6 Å². The van der Waals surface area contributed by atoms with Gasteiger partial charge >= 0.3 is 0 Å². The molecule has 0 aromatic heterocycles. The Balaban J connectivity index is 1.60. The van der Waals surface area contributed by atoms with Gasteiger partial charge in [-0.05, 0) is 55.0 Å². The van der Waals surface area contributed by atoms with E-state index in [0.717, 1.165) is 17.7 Å². The standard InChI is InChI=1S/C21H18F2N2O3/c1-13-3-2-4-16(9-13)28-12-24-19-8-6-15(11-20(19)26)25-21(27)14-5-7-17(22)18(23)10-14/h2-11,24,26H,12H2,1H3,(H,25,27). The number of halogens is 2. The Morgan fingerprint density at radius 2 is 1.86 bits per heavy atom. The van der Waals surface area contributed by atoms with Gasteiger partial charge in [0.2, 0.25) is 0 Å². The zero-order valence-electron chi connectivity index (χ0n) is 15.0. The van der Waals surface area contributed by atoms with Crippen LogP contribution in [0.1, 0.15) is 15.9 Å². The third kappa shape index (κ3) is 4.76. The lowest BCUT2D eigenvalue weighted by Gasteiger charge is -2.12. The number of rotatable bonds is 6. The Kier molecular flexibility index (Phi) is 5.74. The Morgan fingerprint density at radius 1 is 1.04 bits per heavy atom. The maximum Gasteiger partial charge on any atom is 0.255 e. The summed E-state index contributed by atoms with van der Waals surface area (Å²) in [6, 6.07) is 14.9. The number of anilines is 2. The lowest BCUT2D eigenvalue weighted by molar-refractivity contribution is 0.102. The molecule has 0 aliphatic rings. The van der Waals surface area contributed by atoms with E-state index in [4.69, 9.17) is 4.74 Å². The highest BCUT2D eigenvalue weighted by Crippen LogP contribution is 2.27. The number of carbonyl (C=O) groups excluding carboxylic acids is 1. The molecular weight excluding hydrogens is 366 g/mol. The molecule has 3 aromatic rings. The lowest BCUT2D eigenvalue weighted by Crippen LogP contribution is -2.13. The van der Waals surface area contributed by atoms with Crippen molar-refractivity contribution in [2.24, 2.45) is 0 Å². The highest BCUT2D eigenvalue weighted by atomic mass is 19.2. The van der Waals surface area contributed by atoms with E-state index in [0.29, 0.717) is 17.1 Å². The van der Waals surface area contributed by atoms with E-state index in [9.17, 15) is 18.7 Å². The van der Waals surface area contributed by atoms with Gasteiger partial charge in [0.25, 0.3) is 5.91 Å². The Bertz CT molecular complexity index is 1010. The van der Waals surface area contributed by atoms with Crippen molar-refractivity contribution in [1.29, 1.82) is 0 Å². The normalized spacial score (nSPS) is 10.4. The molecule has 0 aliphatic carbocycles. The number of aryl methyl sites for hydroxylation is 1. The van der Waals surface area contributed by atoms with E-state index in [-0.39, 0.29) is 18.0 Å². The summed E-state index contributed by atoms with van der Waals surface area (Å²) >= 11 is 0. The summed E-state index contributed by atoms with van der Waals surface area (Å²) in [5, 5.41) is 15.6. The van der Waals surface area contributed by atoms with Crippen LogP contribution in [0.2, 0.25) is 0 Å². The van der Waals surface area contributed by atoms with E-state index in [1.807, 2.05) is 31.2 Å². The minimum absolute atomic E-state index is 0.0351. The predicted octanol–water partition coefficient (Wildman–Crippen LogP) is 4.68. The number of ether oxygens (including phenoxy) is 1. The van der Waals surface area contributed by atoms with Gasteiger partial charge < -0.3 is 20.5 Å². The van der Waals surface area contributed by atoms with Gasteiger partial charge in [-0.3, -0.25) is 4.79 Å². The molecule has 0 saturated carbocycles. The van der Waals surface area contributed by atoms with Crippen molar-refractivity contribution < 1.29 is 23.4 Å². The van der Waals surface area contributed by atoms with Crippen LogP contribution in [-0.4, -0.2) is 17.7 Å². The summed E-state index contributed by atoms with van der Waals surface area (Å²) < 4.78 is 31.8. The zero-order chi connectivity index (χ0) is 20.1. The second-order valence-corrected chi connectivity index (χ2v) is 6.10. The first-order chi connectivity index (χ1) is 13.4. The molecule has 7 heteroatoms. The van der Waals surface area contributed by atoms with Crippen LogP contribution in [0.15, 0.2) is 60.7 Å². The largest absolute Gasteiger partial charge is 0.506 e. The lowest BCUT2D eigenvalue weighted by atomic mass is 10.2. The van der Waals surface area contributed by atoms with Crippen molar-refractivity contribution in [2.45, 2.75) is 6.92 Å². The quantitative estimate of drug-likeness (QED) is 0.426. The van der Waals surface area contributed by atoms with Crippen molar-refractivity contribution in [3.63, 3.8) is 0 Å². The number of carbonyl (C=O) groups is 1. The van der Waals surface area contributed by atoms with E-state index in [1.54, 1.807) is 12.1 Å². The summed E-state index contributed by atoms with van der Waals surface area (Å²) in [5.41, 5.74) is 1.75. The first-order valence-corrected chi connectivity index (χ1v) is 8.45. The molecule has 3 rings (SSSR count). The van der Waals surface area contributed by atoms with Crippen molar-refractivity contribution in [3.05, 3.63) is 83.4 Å². The molecule has 3 N–H and O–H groups in total. The molecule has 0 saturated heterocycles. The van der Waals surface area contributed by atoms with Crippen molar-refractivity contribution >= 4 is 17.3 Å². The molecule has 0 bridgehead atoms. The number of amides is 1. The fourth-order valence-corrected chi connectivity index (χ4v) is 2.50. The SMILES string of the molecule is Cc1cccc(OCNc2ccc(NC(=O)c3ccc(F)c(F)c3)cc2O)c1. The zero-order valence-corrected chi connectivity index (χ0v) is 15.0. The van der Waals surface area contributed by atoms with Gasteiger partial charge in [-0.1, -0.05) is 12.1 Å². The highest BCUT2D eigenvalue weighted by molar-refractivity contribution is 6.04. The van der Waals surface area contributed by atoms with E-state index >= 15 is 0 Å². The molecule has 0 aliphatic heterocycles. The van der Waals surface area contributed by atoms with Crippen LogP contribution in [0.4, 0.5) is 20.2 Å². The second kappa shape index (κ2) is 8.39. The van der Waals surface area contributed by atoms with Crippen LogP contribution in [-0.2, 0) is 0 Å². The number of aromatic hydroxyl groups is 1. The van der Waals surface area contributed by atoms with E-state index < -0.39 is 17.5 Å². The number of hydrogen-bond donors (Lipinski definition) is 3. The highest BCUT2D eigenvalue weighted by Gasteiger charge is 2.11. The molecule has 0 unspecified atom stereocenters. The first-order valence-electron chi connectivity index (χ1n) is 8.45. The molecule has 0 fully saturated rings. The second-order valence-electron chi connectivity index (χ2n) is 6.10. The maximum absolute atomic E-state index is 13.2. The molecular formula is C21H18F2N2O3. The van der Waals surface area contributed by atoms with Crippen molar-refractivity contribution in [1.82, 2.24) is 0 Å². The summed E-state index contributed by atoms with van der Waals surface area (Å²) in [6.45, 7) is 2.09. The predicted molar refractivity (Wildman–Crippen MR) is 103 cm³/mol. The van der Waals surface area contributed by atoms with Crippen LogP contribution in [0, 0.1) is 18.6 Å². The van der Waals surface area contributed by atoms with Crippen molar-refractivity contribution in [3.8, 4) is 11.5 Å². The number of phenolic OH excluding ortho intramolecular Hbond substituents is 1. The summed E-state index contributed by atoms with van der Waals surface area (Å²) in [5.74, 6) is -2.17. The molecule has 0 radical (unpaired) electrons. The average molecular weight is 384 g/mol. The van der Waals surface area contributed by atoms with Crippen LogP contribution >= 0.6 is 0 Å². The van der Waals surface area contributed by atoms with E-state index in [1.165, 1.54) is 12.1 Å². The molecule has 1 amide bonds. The number of benzene rings is 3. The van der Waals surface area contributed by atoms with Gasteiger partial charge in [-0.2, -0.15) is 0 Å². The minimum Gasteiger partial charge on any atom is -0.506 e. The molecule has 3 aromatic carbocycles. The third-order valence-electron chi connectivity index (χ3n) is 3.93. The molecule has 0 atom stereocenters. The molecule has 0 spiro atoms. The first kappa shape index (κ1) is 19.2. The Morgan fingerprint density at radius 3 is 2.57 bits per heavy atom. The van der Waals surface area contributed by atoms with Crippen LogP contribution in [0.5, 0.6) is 11.5 Å². The monoisotopic (exact) mass is 384 g/mol. The number of nitrogens with one attached hydrogen (secondary N) is 2. The summed E-state index contributed by atoms with van der Waals surface area (Å²) in [4.78, 5) is 12.1. The van der Waals surface area contributed by atoms with Crippen LogP contribution in [0.3, 0.4) is 0 Å². The maximum atomic E-state index is 13.2. The minimum atomic E-state index is -1.11. The fraction of sp³-hybridized carbons (Fsp3) is 0.0952. The van der Waals surface area contributed by atoms with Gasteiger partial charge in [-0.25, -0.2) is 8.78 Å². The van der Waals surface area contributed by atoms with Gasteiger partial charge in [0, 0.05) is 17.3 Å². The van der Waals surface area contributed by atoms with Gasteiger partial charge in [0.15, 0.2) is 18.4 Å². The smallest absolute Gasteiger partial charge is 0.255 e. The van der Waals surface area contributed by atoms with Crippen molar-refractivity contribution in [2.75, 3.05) is 17.4 Å². The fourth-order valence-electron chi connectivity index (χ4n) is 2.50. The molecule has 5 nitrogen and oxygen atoms in total. The van der Waals surface area contributed by atoms with Gasteiger partial charge in [0.1, 0.15) is 11.5 Å². The van der Waals surface area contributed by atoms with Gasteiger partial charge in [-0.15, -0.1) is 0 Å². The Hall–Kier alpha value is -3.61. The summed E-state index contributed by atoms with van der Waals surface area (Å²) in [7, 11) is 0. The van der Waals surface area contributed by atoms with E-state index in [2.05, 4.69) is 10.6 Å². The van der Waals surface area contributed by atoms with Crippen LogP contribution in [0.25, 0.3) is 0 Å². The number of phenols is 1. The van der Waals surface area contributed by atoms with Gasteiger partial charge in [0.05, 0.1) is 5.69 Å². The molecule has 144 valence electrons. The number of hydrogen-bond acceptors (Lipinski definition) is 4.